The van der Waals surface area contributed by atoms with E-state index < -0.39 is 17.3 Å². The molecule has 0 aromatic heterocycles. The number of carboxylic acids is 1. The summed E-state index contributed by atoms with van der Waals surface area (Å²) in [6.45, 7) is 5.48. The van der Waals surface area contributed by atoms with Crippen LogP contribution in [0.15, 0.2) is 48.5 Å². The molecule has 6 heteroatoms. The first kappa shape index (κ1) is 19.3. The maximum absolute atomic E-state index is 12.5. The number of ether oxygens (including phenoxy) is 2. The molecule has 0 fully saturated rings. The van der Waals surface area contributed by atoms with Gasteiger partial charge in [0.15, 0.2) is 11.5 Å². The predicted molar refractivity (Wildman–Crippen MR) is 97.9 cm³/mol. The number of benzene rings is 2. The molecule has 2 N–H and O–H groups in total. The Morgan fingerprint density at radius 1 is 1.00 bits per heavy atom. The van der Waals surface area contributed by atoms with E-state index in [2.05, 4.69) is 5.32 Å². The third-order valence-electron chi connectivity index (χ3n) is 3.77. The molecular weight excluding hydrogens is 334 g/mol. The Morgan fingerprint density at radius 2 is 1.58 bits per heavy atom. The maximum atomic E-state index is 12.5. The molecule has 2 aromatic rings. The fourth-order valence-electron chi connectivity index (χ4n) is 2.14. The molecule has 0 unspecified atom stereocenters. The van der Waals surface area contributed by atoms with E-state index in [0.717, 1.165) is 0 Å². The summed E-state index contributed by atoms with van der Waals surface area (Å²) in [6.07, 6.45) is 0. The second kappa shape index (κ2) is 8.38. The van der Waals surface area contributed by atoms with Gasteiger partial charge in [0.1, 0.15) is 5.75 Å². The van der Waals surface area contributed by atoms with Crippen molar-refractivity contribution in [3.05, 3.63) is 54.1 Å². The number of hydrogen-bond acceptors (Lipinski definition) is 4. The third-order valence-corrected chi connectivity index (χ3v) is 3.77. The Labute approximate surface area is 152 Å². The molecule has 0 aliphatic carbocycles. The van der Waals surface area contributed by atoms with Gasteiger partial charge in [0.25, 0.3) is 5.91 Å². The minimum atomic E-state index is -1.06. The van der Waals surface area contributed by atoms with Gasteiger partial charge in [0, 0.05) is 6.54 Å². The van der Waals surface area contributed by atoms with Gasteiger partial charge in [-0.05, 0) is 45.0 Å². The van der Waals surface area contributed by atoms with Crippen molar-refractivity contribution in [1.82, 2.24) is 5.32 Å². The minimum absolute atomic E-state index is 0.00499. The molecule has 0 spiro atoms. The highest BCUT2D eigenvalue weighted by atomic mass is 16.5. The first-order valence-corrected chi connectivity index (χ1v) is 8.35. The molecule has 138 valence electrons. The fraction of sp³-hybridized carbons (Fsp3) is 0.300. The van der Waals surface area contributed by atoms with Crippen molar-refractivity contribution in [2.45, 2.75) is 20.8 Å². The van der Waals surface area contributed by atoms with Crippen molar-refractivity contribution in [3.63, 3.8) is 0 Å². The number of amides is 1. The van der Waals surface area contributed by atoms with E-state index >= 15 is 0 Å². The molecule has 1 amide bonds. The van der Waals surface area contributed by atoms with E-state index in [0.29, 0.717) is 29.4 Å². The summed E-state index contributed by atoms with van der Waals surface area (Å²) < 4.78 is 11.4. The monoisotopic (exact) mass is 357 g/mol. The number of nitrogens with one attached hydrogen (secondary N) is 1. The minimum Gasteiger partial charge on any atom is -0.490 e. The van der Waals surface area contributed by atoms with Crippen LogP contribution < -0.4 is 14.8 Å². The summed E-state index contributed by atoms with van der Waals surface area (Å²) in [5.74, 6) is 0.0692. The normalized spacial score (nSPS) is 10.9. The summed E-state index contributed by atoms with van der Waals surface area (Å²) in [5.41, 5.74) is -0.743. The van der Waals surface area contributed by atoms with Gasteiger partial charge in [-0.1, -0.05) is 24.3 Å². The summed E-state index contributed by atoms with van der Waals surface area (Å²) >= 11 is 0. The number of carbonyl (C=O) groups excluding carboxylic acids is 1. The SMILES string of the molecule is CCOc1ccccc1Oc1ccccc1C(=O)NCC(C)(C)C(=O)O. The van der Waals surface area contributed by atoms with Crippen molar-refractivity contribution in [2.75, 3.05) is 13.2 Å². The van der Waals surface area contributed by atoms with Crippen molar-refractivity contribution in [1.29, 1.82) is 0 Å². The predicted octanol–water partition coefficient (Wildman–Crippen LogP) is 3.72. The molecule has 0 aliphatic heterocycles. The number of carbonyl (C=O) groups is 2. The second-order valence-corrected chi connectivity index (χ2v) is 6.35. The number of aliphatic carboxylic acids is 1. The van der Waals surface area contributed by atoms with Crippen LogP contribution in [0.1, 0.15) is 31.1 Å². The van der Waals surface area contributed by atoms with Crippen LogP contribution in [0.5, 0.6) is 17.2 Å². The number of hydrogen-bond donors (Lipinski definition) is 2. The summed E-state index contributed by atoms with van der Waals surface area (Å²) in [6, 6.07) is 14.0. The van der Waals surface area contributed by atoms with E-state index in [9.17, 15) is 9.59 Å². The van der Waals surface area contributed by atoms with Gasteiger partial charge >= 0.3 is 5.97 Å². The molecule has 0 bridgehead atoms. The topological polar surface area (TPSA) is 84.9 Å². The Balaban J connectivity index is 2.20. The molecule has 0 saturated carbocycles. The van der Waals surface area contributed by atoms with Gasteiger partial charge in [-0.15, -0.1) is 0 Å². The van der Waals surface area contributed by atoms with Crippen molar-refractivity contribution in [3.8, 4) is 17.2 Å². The lowest BCUT2D eigenvalue weighted by molar-refractivity contribution is -0.146. The molecule has 6 nitrogen and oxygen atoms in total. The lowest BCUT2D eigenvalue weighted by atomic mass is 9.94. The second-order valence-electron chi connectivity index (χ2n) is 6.35. The molecule has 26 heavy (non-hydrogen) atoms. The molecule has 2 rings (SSSR count). The lowest BCUT2D eigenvalue weighted by Gasteiger charge is -2.20. The Kier molecular flexibility index (Phi) is 6.22. The molecule has 0 saturated heterocycles. The molecular formula is C20H23NO5. The van der Waals surface area contributed by atoms with Crippen LogP contribution in [0.2, 0.25) is 0 Å². The average Bonchev–Trinajstić information content (AvgIpc) is 2.62. The van der Waals surface area contributed by atoms with Crippen LogP contribution in [0.3, 0.4) is 0 Å². The fourth-order valence-corrected chi connectivity index (χ4v) is 2.14. The van der Waals surface area contributed by atoms with Gasteiger partial charge in [0.05, 0.1) is 17.6 Å². The zero-order chi connectivity index (χ0) is 19.2. The van der Waals surface area contributed by atoms with Crippen LogP contribution >= 0.6 is 0 Å². The standard InChI is InChI=1S/C20H23NO5/c1-4-25-16-11-7-8-12-17(16)26-15-10-6-5-9-14(15)18(22)21-13-20(2,3)19(23)24/h5-12H,4,13H2,1-3H3,(H,21,22)(H,23,24). The van der Waals surface area contributed by atoms with Crippen molar-refractivity contribution >= 4 is 11.9 Å². The van der Waals surface area contributed by atoms with Gasteiger partial charge < -0.3 is 19.9 Å². The average molecular weight is 357 g/mol. The van der Waals surface area contributed by atoms with E-state index in [1.54, 1.807) is 50.2 Å². The third kappa shape index (κ3) is 4.75. The van der Waals surface area contributed by atoms with Gasteiger partial charge in [-0.25, -0.2) is 0 Å². The molecule has 0 atom stereocenters. The highest BCUT2D eigenvalue weighted by Gasteiger charge is 2.28. The highest BCUT2D eigenvalue weighted by molar-refractivity contribution is 5.97. The molecule has 2 aromatic carbocycles. The molecule has 0 radical (unpaired) electrons. The van der Waals surface area contributed by atoms with Gasteiger partial charge in [0.2, 0.25) is 0 Å². The van der Waals surface area contributed by atoms with Crippen molar-refractivity contribution < 1.29 is 24.2 Å². The zero-order valence-corrected chi connectivity index (χ0v) is 15.1. The number of rotatable bonds is 8. The lowest BCUT2D eigenvalue weighted by Crippen LogP contribution is -2.39. The molecule has 0 aliphatic rings. The summed E-state index contributed by atoms with van der Waals surface area (Å²) in [7, 11) is 0. The van der Waals surface area contributed by atoms with Crippen LogP contribution in [0.25, 0.3) is 0 Å². The Hall–Kier alpha value is -3.02. The largest absolute Gasteiger partial charge is 0.490 e. The van der Waals surface area contributed by atoms with Crippen molar-refractivity contribution in [2.24, 2.45) is 5.41 Å². The van der Waals surface area contributed by atoms with Crippen LogP contribution in [-0.4, -0.2) is 30.1 Å². The Bertz CT molecular complexity index is 785. The quantitative estimate of drug-likeness (QED) is 0.752. The number of para-hydroxylation sites is 3. The first-order chi connectivity index (χ1) is 12.3. The van der Waals surface area contributed by atoms with Crippen LogP contribution in [0.4, 0.5) is 0 Å². The van der Waals surface area contributed by atoms with E-state index in [1.807, 2.05) is 19.1 Å². The molecule has 0 heterocycles. The summed E-state index contributed by atoms with van der Waals surface area (Å²) in [4.78, 5) is 23.7. The summed E-state index contributed by atoms with van der Waals surface area (Å²) in [5, 5.41) is 11.8. The van der Waals surface area contributed by atoms with Crippen LogP contribution in [0, 0.1) is 5.41 Å². The maximum Gasteiger partial charge on any atom is 0.310 e. The van der Waals surface area contributed by atoms with Gasteiger partial charge in [-0.2, -0.15) is 0 Å². The van der Waals surface area contributed by atoms with Crippen LogP contribution in [-0.2, 0) is 4.79 Å². The zero-order valence-electron chi connectivity index (χ0n) is 15.1. The van der Waals surface area contributed by atoms with E-state index in [4.69, 9.17) is 14.6 Å². The number of carboxylic acid groups (broad SMARTS) is 1. The van der Waals surface area contributed by atoms with Gasteiger partial charge in [-0.3, -0.25) is 9.59 Å². The Morgan fingerprint density at radius 3 is 2.19 bits per heavy atom. The van der Waals surface area contributed by atoms with E-state index in [1.165, 1.54) is 0 Å². The smallest absolute Gasteiger partial charge is 0.310 e. The first-order valence-electron chi connectivity index (χ1n) is 8.35. The highest BCUT2D eigenvalue weighted by Crippen LogP contribution is 2.33. The van der Waals surface area contributed by atoms with E-state index in [-0.39, 0.29) is 6.54 Å².